The van der Waals surface area contributed by atoms with Gasteiger partial charge in [-0.2, -0.15) is 0 Å². The number of aliphatic carboxylic acids is 1. The second-order valence-electron chi connectivity index (χ2n) is 4.09. The number of carboxylic acid groups (broad SMARTS) is 2. The lowest BCUT2D eigenvalue weighted by atomic mass is 9.98. The Hall–Kier alpha value is -3.21. The first kappa shape index (κ1) is 16.8. The maximum absolute atomic E-state index is 12.1. The molecule has 0 atom stereocenters. The molecule has 0 saturated carbocycles. The predicted octanol–water partition coefficient (Wildman–Crippen LogP) is 2.87. The van der Waals surface area contributed by atoms with Crippen LogP contribution in [0.2, 0.25) is 0 Å². The Labute approximate surface area is 127 Å². The molecule has 0 heterocycles. The van der Waals surface area contributed by atoms with E-state index in [2.05, 4.69) is 6.58 Å². The Bertz CT molecular complexity index is 689. The quantitative estimate of drug-likeness (QED) is 0.669. The maximum Gasteiger partial charge on any atom is 0.336 e. The predicted molar refractivity (Wildman–Crippen MR) is 81.1 cm³/mol. The van der Waals surface area contributed by atoms with E-state index in [1.807, 2.05) is 0 Å². The minimum Gasteiger partial charge on any atom is -0.478 e. The number of rotatable bonds is 4. The number of benzene rings is 2. The van der Waals surface area contributed by atoms with E-state index >= 15 is 0 Å². The van der Waals surface area contributed by atoms with E-state index in [0.29, 0.717) is 5.56 Å². The van der Waals surface area contributed by atoms with Crippen molar-refractivity contribution in [2.45, 2.75) is 0 Å². The van der Waals surface area contributed by atoms with Gasteiger partial charge in [-0.3, -0.25) is 4.79 Å². The molecule has 0 amide bonds. The van der Waals surface area contributed by atoms with Gasteiger partial charge in [0.15, 0.2) is 5.78 Å². The third-order valence-corrected chi connectivity index (χ3v) is 2.61. The Morgan fingerprint density at radius 3 is 1.73 bits per heavy atom. The topological polar surface area (TPSA) is 91.7 Å². The van der Waals surface area contributed by atoms with Crippen molar-refractivity contribution in [2.24, 2.45) is 0 Å². The fraction of sp³-hybridized carbons (Fsp3) is 0. The summed E-state index contributed by atoms with van der Waals surface area (Å²) in [5, 5.41) is 16.6. The maximum atomic E-state index is 12.1. The van der Waals surface area contributed by atoms with E-state index < -0.39 is 11.9 Å². The molecule has 0 aliphatic rings. The van der Waals surface area contributed by atoms with E-state index in [-0.39, 0.29) is 16.9 Å². The zero-order chi connectivity index (χ0) is 16.5. The van der Waals surface area contributed by atoms with Crippen molar-refractivity contribution >= 4 is 17.7 Å². The molecule has 0 aliphatic heterocycles. The highest BCUT2D eigenvalue weighted by Gasteiger charge is 2.16. The first-order valence-corrected chi connectivity index (χ1v) is 6.24. The van der Waals surface area contributed by atoms with Gasteiger partial charge in [-0.1, -0.05) is 55.1 Å². The molecule has 5 nitrogen and oxygen atoms in total. The number of ketones is 1. The molecule has 0 aliphatic carbocycles. The molecule has 0 radical (unpaired) electrons. The molecular formula is C17H14O5. The minimum atomic E-state index is -1.09. The summed E-state index contributed by atoms with van der Waals surface area (Å²) in [4.78, 5) is 32.4. The second kappa shape index (κ2) is 8.16. The van der Waals surface area contributed by atoms with Crippen LogP contribution >= 0.6 is 0 Å². The Morgan fingerprint density at radius 2 is 1.27 bits per heavy atom. The fourth-order valence-corrected chi connectivity index (χ4v) is 1.61. The number of carbonyl (C=O) groups excluding carboxylic acids is 1. The molecule has 2 N–H and O–H groups in total. The van der Waals surface area contributed by atoms with E-state index in [0.717, 1.165) is 6.08 Å². The molecule has 0 spiro atoms. The van der Waals surface area contributed by atoms with Gasteiger partial charge in [-0.25, -0.2) is 9.59 Å². The summed E-state index contributed by atoms with van der Waals surface area (Å²) in [6.45, 7) is 2.96. The first-order chi connectivity index (χ1) is 10.5. The monoisotopic (exact) mass is 298 g/mol. The molecule has 112 valence electrons. The molecule has 0 aromatic heterocycles. The summed E-state index contributed by atoms with van der Waals surface area (Å²) < 4.78 is 0. The van der Waals surface area contributed by atoms with Crippen molar-refractivity contribution in [3.8, 4) is 0 Å². The third-order valence-electron chi connectivity index (χ3n) is 2.61. The average Bonchev–Trinajstić information content (AvgIpc) is 2.55. The van der Waals surface area contributed by atoms with Crippen molar-refractivity contribution in [2.75, 3.05) is 0 Å². The number of hydrogen-bond acceptors (Lipinski definition) is 3. The van der Waals surface area contributed by atoms with Gasteiger partial charge in [0.2, 0.25) is 0 Å². The molecular weight excluding hydrogens is 284 g/mol. The number of carbonyl (C=O) groups is 3. The lowest BCUT2D eigenvalue weighted by Gasteiger charge is -2.04. The van der Waals surface area contributed by atoms with Gasteiger partial charge in [-0.15, -0.1) is 0 Å². The Kier molecular flexibility index (Phi) is 6.25. The molecule has 2 rings (SSSR count). The zero-order valence-electron chi connectivity index (χ0n) is 11.6. The number of hydrogen-bond donors (Lipinski definition) is 2. The normalized spacial score (nSPS) is 9.09. The van der Waals surface area contributed by atoms with Crippen molar-refractivity contribution in [1.29, 1.82) is 0 Å². The van der Waals surface area contributed by atoms with Crippen LogP contribution in [-0.2, 0) is 4.79 Å². The van der Waals surface area contributed by atoms with Crippen LogP contribution in [0.3, 0.4) is 0 Å². The van der Waals surface area contributed by atoms with Gasteiger partial charge >= 0.3 is 11.9 Å². The summed E-state index contributed by atoms with van der Waals surface area (Å²) >= 11 is 0. The summed E-state index contributed by atoms with van der Waals surface area (Å²) in [5.74, 6) is -2.35. The highest BCUT2D eigenvalue weighted by Crippen LogP contribution is 2.14. The molecule has 0 fully saturated rings. The molecule has 5 heteroatoms. The van der Waals surface area contributed by atoms with Crippen LogP contribution in [0.15, 0.2) is 67.3 Å². The number of carboxylic acids is 2. The van der Waals surface area contributed by atoms with Gasteiger partial charge in [0, 0.05) is 17.2 Å². The average molecular weight is 298 g/mol. The Balaban J connectivity index is 0.000000422. The fourth-order valence-electron chi connectivity index (χ4n) is 1.61. The van der Waals surface area contributed by atoms with Crippen molar-refractivity contribution < 1.29 is 24.6 Å². The van der Waals surface area contributed by atoms with Gasteiger partial charge in [0.05, 0.1) is 5.56 Å². The van der Waals surface area contributed by atoms with Crippen LogP contribution in [0.1, 0.15) is 26.3 Å². The van der Waals surface area contributed by atoms with Crippen molar-refractivity contribution in [3.63, 3.8) is 0 Å². The van der Waals surface area contributed by atoms with Gasteiger partial charge in [-0.05, 0) is 6.07 Å². The highest BCUT2D eigenvalue weighted by atomic mass is 16.4. The molecule has 2 aromatic rings. The largest absolute Gasteiger partial charge is 0.478 e. The van der Waals surface area contributed by atoms with Crippen LogP contribution in [-0.4, -0.2) is 27.9 Å². The minimum absolute atomic E-state index is 0.0290. The summed E-state index contributed by atoms with van der Waals surface area (Å²) in [5.41, 5.74) is 0.730. The summed E-state index contributed by atoms with van der Waals surface area (Å²) in [6, 6.07) is 14.8. The molecule has 0 unspecified atom stereocenters. The van der Waals surface area contributed by atoms with Crippen LogP contribution in [0.5, 0.6) is 0 Å². The molecule has 22 heavy (non-hydrogen) atoms. The van der Waals surface area contributed by atoms with Crippen LogP contribution in [0.25, 0.3) is 0 Å². The smallest absolute Gasteiger partial charge is 0.336 e. The van der Waals surface area contributed by atoms with Gasteiger partial charge < -0.3 is 10.2 Å². The van der Waals surface area contributed by atoms with Crippen molar-refractivity contribution in [1.82, 2.24) is 0 Å². The third kappa shape index (κ3) is 4.72. The number of aromatic carboxylic acids is 1. The lowest BCUT2D eigenvalue weighted by molar-refractivity contribution is -0.131. The standard InChI is InChI=1S/C14H10O3.C3H4O2/c15-13(10-6-2-1-3-7-10)11-8-4-5-9-12(11)14(16)17;1-2-3(4)5/h1-9H,(H,16,17);2H,1H2,(H,4,5). The first-order valence-electron chi connectivity index (χ1n) is 6.24. The van der Waals surface area contributed by atoms with Crippen LogP contribution in [0, 0.1) is 0 Å². The van der Waals surface area contributed by atoms with E-state index in [4.69, 9.17) is 10.2 Å². The van der Waals surface area contributed by atoms with Crippen molar-refractivity contribution in [3.05, 3.63) is 83.9 Å². The lowest BCUT2D eigenvalue weighted by Crippen LogP contribution is -2.09. The van der Waals surface area contributed by atoms with Gasteiger partial charge in [0.1, 0.15) is 0 Å². The second-order valence-corrected chi connectivity index (χ2v) is 4.09. The molecule has 2 aromatic carbocycles. The van der Waals surface area contributed by atoms with Gasteiger partial charge in [0.25, 0.3) is 0 Å². The molecule has 0 saturated heterocycles. The zero-order valence-corrected chi connectivity index (χ0v) is 11.6. The SMILES string of the molecule is C=CC(=O)O.O=C(O)c1ccccc1C(=O)c1ccccc1. The van der Waals surface area contributed by atoms with E-state index in [1.54, 1.807) is 42.5 Å². The Morgan fingerprint density at radius 1 is 0.818 bits per heavy atom. The molecule has 0 bridgehead atoms. The van der Waals surface area contributed by atoms with E-state index in [1.165, 1.54) is 12.1 Å². The highest BCUT2D eigenvalue weighted by molar-refractivity contribution is 6.14. The summed E-state index contributed by atoms with van der Waals surface area (Å²) in [7, 11) is 0. The van der Waals surface area contributed by atoms with Crippen LogP contribution < -0.4 is 0 Å². The van der Waals surface area contributed by atoms with E-state index in [9.17, 15) is 14.4 Å². The summed E-state index contributed by atoms with van der Waals surface area (Å²) in [6.07, 6.45) is 0.833. The van der Waals surface area contributed by atoms with Crippen LogP contribution in [0.4, 0.5) is 0 Å².